The maximum Gasteiger partial charge on any atom is 0.277 e. The van der Waals surface area contributed by atoms with Crippen molar-refractivity contribution < 1.29 is 14.5 Å². The zero-order valence-corrected chi connectivity index (χ0v) is 14.3. The quantitative estimate of drug-likeness (QED) is 0.464. The lowest BCUT2D eigenvalue weighted by Crippen LogP contribution is -2.25. The molecule has 7 nitrogen and oxygen atoms in total. The van der Waals surface area contributed by atoms with Gasteiger partial charge in [-0.3, -0.25) is 14.9 Å². The first-order valence-electron chi connectivity index (χ1n) is 6.92. The topological polar surface area (TPSA) is 93.8 Å². The van der Waals surface area contributed by atoms with E-state index in [1.165, 1.54) is 18.2 Å². The lowest BCUT2D eigenvalue weighted by Gasteiger charge is -2.07. The number of halogens is 1. The van der Waals surface area contributed by atoms with Crippen molar-refractivity contribution in [3.05, 3.63) is 68.7 Å². The van der Waals surface area contributed by atoms with Gasteiger partial charge in [0.15, 0.2) is 6.61 Å². The molecule has 0 aliphatic carbocycles. The van der Waals surface area contributed by atoms with Crippen molar-refractivity contribution in [2.24, 2.45) is 5.10 Å². The number of carbonyl (C=O) groups excluding carboxylic acids is 1. The fourth-order valence-electron chi connectivity index (χ4n) is 1.79. The van der Waals surface area contributed by atoms with Crippen LogP contribution in [0.15, 0.2) is 58.1 Å². The molecule has 0 bridgehead atoms. The summed E-state index contributed by atoms with van der Waals surface area (Å²) in [6.45, 7) is 1.52. The molecule has 0 saturated carbocycles. The zero-order valence-electron chi connectivity index (χ0n) is 12.7. The van der Waals surface area contributed by atoms with E-state index in [1.54, 1.807) is 6.92 Å². The van der Waals surface area contributed by atoms with Crippen LogP contribution in [0.5, 0.6) is 5.75 Å². The van der Waals surface area contributed by atoms with E-state index in [9.17, 15) is 14.9 Å². The normalized spacial score (nSPS) is 11.0. The Hall–Kier alpha value is -2.74. The van der Waals surface area contributed by atoms with E-state index >= 15 is 0 Å². The van der Waals surface area contributed by atoms with Crippen LogP contribution in [-0.2, 0) is 4.79 Å². The molecule has 2 rings (SSSR count). The number of amides is 1. The Bertz CT molecular complexity index is 778. The van der Waals surface area contributed by atoms with Gasteiger partial charge in [-0.25, -0.2) is 5.43 Å². The van der Waals surface area contributed by atoms with Crippen molar-refractivity contribution in [1.29, 1.82) is 0 Å². The first-order valence-corrected chi connectivity index (χ1v) is 7.72. The van der Waals surface area contributed by atoms with E-state index in [0.717, 1.165) is 5.56 Å². The number of rotatable bonds is 6. The van der Waals surface area contributed by atoms with Crippen molar-refractivity contribution in [3.63, 3.8) is 0 Å². The van der Waals surface area contributed by atoms with Crippen LogP contribution >= 0.6 is 15.9 Å². The van der Waals surface area contributed by atoms with Crippen LogP contribution in [0.3, 0.4) is 0 Å². The van der Waals surface area contributed by atoms with E-state index in [4.69, 9.17) is 4.74 Å². The molecule has 0 saturated heterocycles. The third-order valence-electron chi connectivity index (χ3n) is 3.02. The minimum Gasteiger partial charge on any atom is -0.483 e. The highest BCUT2D eigenvalue weighted by Crippen LogP contribution is 2.28. The number of benzene rings is 2. The van der Waals surface area contributed by atoms with Gasteiger partial charge in [0.05, 0.1) is 15.1 Å². The first kappa shape index (κ1) is 17.6. The summed E-state index contributed by atoms with van der Waals surface area (Å²) in [5.74, 6) is -0.102. The minimum absolute atomic E-state index is 0.0678. The van der Waals surface area contributed by atoms with E-state index < -0.39 is 10.8 Å². The highest BCUT2D eigenvalue weighted by Gasteiger charge is 2.11. The van der Waals surface area contributed by atoms with Crippen molar-refractivity contribution in [3.8, 4) is 5.75 Å². The molecule has 2 aromatic rings. The summed E-state index contributed by atoms with van der Waals surface area (Å²) in [6, 6.07) is 13.5. The summed E-state index contributed by atoms with van der Waals surface area (Å²) in [7, 11) is 0. The predicted molar refractivity (Wildman–Crippen MR) is 93.1 cm³/mol. The number of ether oxygens (including phenoxy) is 1. The average Bonchev–Trinajstić information content (AvgIpc) is 2.59. The molecule has 0 unspecified atom stereocenters. The summed E-state index contributed by atoms with van der Waals surface area (Å²) < 4.78 is 5.72. The molecule has 0 radical (unpaired) electrons. The third kappa shape index (κ3) is 4.88. The van der Waals surface area contributed by atoms with Crippen LogP contribution in [0.4, 0.5) is 5.69 Å². The van der Waals surface area contributed by atoms with Crippen LogP contribution in [0.25, 0.3) is 0 Å². The maximum absolute atomic E-state index is 11.8. The number of hydrogen-bond acceptors (Lipinski definition) is 5. The summed E-state index contributed by atoms with van der Waals surface area (Å²) in [5.41, 5.74) is 3.90. The second-order valence-corrected chi connectivity index (χ2v) is 5.61. The van der Waals surface area contributed by atoms with Gasteiger partial charge in [0.25, 0.3) is 11.6 Å². The van der Waals surface area contributed by atoms with Gasteiger partial charge in [0.2, 0.25) is 0 Å². The highest BCUT2D eigenvalue weighted by molar-refractivity contribution is 9.10. The SMILES string of the molecule is C/C(=N\NC(=O)COc1ccc([N+](=O)[O-])cc1Br)c1ccccc1. The smallest absolute Gasteiger partial charge is 0.277 e. The van der Waals surface area contributed by atoms with E-state index in [-0.39, 0.29) is 12.3 Å². The van der Waals surface area contributed by atoms with E-state index in [2.05, 4.69) is 26.5 Å². The average molecular weight is 392 g/mol. The molecular weight excluding hydrogens is 378 g/mol. The molecule has 2 aromatic carbocycles. The van der Waals surface area contributed by atoms with Crippen molar-refractivity contribution in [2.45, 2.75) is 6.92 Å². The maximum atomic E-state index is 11.8. The van der Waals surface area contributed by atoms with Gasteiger partial charge < -0.3 is 4.74 Å². The summed E-state index contributed by atoms with van der Waals surface area (Å²) >= 11 is 3.17. The Morgan fingerprint density at radius 1 is 1.29 bits per heavy atom. The number of nitro groups is 1. The van der Waals surface area contributed by atoms with Crippen molar-refractivity contribution >= 4 is 33.2 Å². The standard InChI is InChI=1S/C16H14BrN3O4/c1-11(12-5-3-2-4-6-12)18-19-16(21)10-24-15-8-7-13(20(22)23)9-14(15)17/h2-9H,10H2,1H3,(H,19,21)/b18-11+. The first-order chi connectivity index (χ1) is 11.5. The van der Waals surface area contributed by atoms with Gasteiger partial charge in [-0.15, -0.1) is 0 Å². The van der Waals surface area contributed by atoms with Gasteiger partial charge in [0.1, 0.15) is 5.75 Å². The van der Waals surface area contributed by atoms with Crippen LogP contribution in [0.1, 0.15) is 12.5 Å². The predicted octanol–water partition coefficient (Wildman–Crippen LogP) is 3.28. The molecule has 24 heavy (non-hydrogen) atoms. The monoisotopic (exact) mass is 391 g/mol. The minimum atomic E-state index is -0.512. The van der Waals surface area contributed by atoms with E-state index in [0.29, 0.717) is 15.9 Å². The molecule has 8 heteroatoms. The van der Waals surface area contributed by atoms with Crippen LogP contribution in [0, 0.1) is 10.1 Å². The van der Waals surface area contributed by atoms with Crippen molar-refractivity contribution in [1.82, 2.24) is 5.43 Å². The summed E-state index contributed by atoms with van der Waals surface area (Å²) in [6.07, 6.45) is 0. The fraction of sp³-hybridized carbons (Fsp3) is 0.125. The number of nitrogens with zero attached hydrogens (tertiary/aromatic N) is 2. The third-order valence-corrected chi connectivity index (χ3v) is 3.64. The highest BCUT2D eigenvalue weighted by atomic mass is 79.9. The molecule has 1 amide bonds. The number of non-ortho nitro benzene ring substituents is 1. The lowest BCUT2D eigenvalue weighted by atomic mass is 10.1. The molecule has 0 aromatic heterocycles. The van der Waals surface area contributed by atoms with Crippen LogP contribution in [-0.4, -0.2) is 23.1 Å². The number of carbonyl (C=O) groups is 1. The van der Waals surface area contributed by atoms with Gasteiger partial charge in [-0.2, -0.15) is 5.10 Å². The Labute approximate surface area is 146 Å². The lowest BCUT2D eigenvalue weighted by molar-refractivity contribution is -0.384. The molecule has 0 spiro atoms. The Morgan fingerprint density at radius 2 is 2.00 bits per heavy atom. The molecule has 0 fully saturated rings. The zero-order chi connectivity index (χ0) is 17.5. The fourth-order valence-corrected chi connectivity index (χ4v) is 2.27. The molecule has 1 N–H and O–H groups in total. The van der Waals surface area contributed by atoms with Crippen LogP contribution in [0.2, 0.25) is 0 Å². The van der Waals surface area contributed by atoms with Crippen molar-refractivity contribution in [2.75, 3.05) is 6.61 Å². The summed E-state index contributed by atoms with van der Waals surface area (Å²) in [4.78, 5) is 21.9. The van der Waals surface area contributed by atoms with Crippen LogP contribution < -0.4 is 10.2 Å². The number of hydrogen-bond donors (Lipinski definition) is 1. The molecule has 0 aliphatic heterocycles. The number of nitrogens with one attached hydrogen (secondary N) is 1. The Kier molecular flexibility index (Phi) is 6.02. The summed E-state index contributed by atoms with van der Waals surface area (Å²) in [5, 5.41) is 14.7. The van der Waals surface area contributed by atoms with Gasteiger partial charge in [-0.05, 0) is 34.5 Å². The largest absolute Gasteiger partial charge is 0.483 e. The van der Waals surface area contributed by atoms with Gasteiger partial charge >= 0.3 is 0 Å². The molecule has 124 valence electrons. The number of hydrazone groups is 1. The van der Waals surface area contributed by atoms with E-state index in [1.807, 2.05) is 30.3 Å². The van der Waals surface area contributed by atoms with Gasteiger partial charge in [-0.1, -0.05) is 30.3 Å². The second-order valence-electron chi connectivity index (χ2n) is 4.76. The molecule has 0 atom stereocenters. The molecule has 0 aliphatic rings. The van der Waals surface area contributed by atoms with Gasteiger partial charge in [0, 0.05) is 12.1 Å². The second kappa shape index (κ2) is 8.21. The molecule has 0 heterocycles. The Morgan fingerprint density at radius 3 is 2.62 bits per heavy atom. The number of nitro benzene ring substituents is 1. The Balaban J connectivity index is 1.91. The molecular formula is C16H14BrN3O4.